The molecule has 1 amide bonds. The van der Waals surface area contributed by atoms with Gasteiger partial charge in [-0.3, -0.25) is 4.79 Å². The van der Waals surface area contributed by atoms with E-state index in [0.717, 1.165) is 6.07 Å². The van der Waals surface area contributed by atoms with Crippen LogP contribution in [0, 0.1) is 17.1 Å². The third-order valence-electron chi connectivity index (χ3n) is 2.99. The zero-order valence-electron chi connectivity index (χ0n) is 9.44. The lowest BCUT2D eigenvalue weighted by atomic mass is 10.1. The van der Waals surface area contributed by atoms with E-state index in [1.165, 1.54) is 17.0 Å². The van der Waals surface area contributed by atoms with Crippen LogP contribution >= 0.6 is 0 Å². The summed E-state index contributed by atoms with van der Waals surface area (Å²) in [6, 6.07) is 4.92. The van der Waals surface area contributed by atoms with Gasteiger partial charge in [-0.1, -0.05) is 6.07 Å². The van der Waals surface area contributed by atoms with Gasteiger partial charge in [-0.2, -0.15) is 5.26 Å². The molecule has 1 aliphatic heterocycles. The average Bonchev–Trinajstić information content (AvgIpc) is 2.71. The van der Waals surface area contributed by atoms with Crippen molar-refractivity contribution in [2.24, 2.45) is 5.73 Å². The van der Waals surface area contributed by atoms with Gasteiger partial charge in [0, 0.05) is 6.42 Å². The minimum atomic E-state index is -1.21. The zero-order chi connectivity index (χ0) is 13.3. The fourth-order valence-electron chi connectivity index (χ4n) is 2.18. The Morgan fingerprint density at radius 2 is 2.28 bits per heavy atom. The molecule has 1 heterocycles. The van der Waals surface area contributed by atoms with Crippen LogP contribution in [0.25, 0.3) is 0 Å². The molecule has 1 aromatic rings. The van der Waals surface area contributed by atoms with Crippen molar-refractivity contribution in [3.63, 3.8) is 0 Å². The predicted molar refractivity (Wildman–Crippen MR) is 61.0 cm³/mol. The monoisotopic (exact) mass is 251 g/mol. The Hall–Kier alpha value is -2.16. The summed E-state index contributed by atoms with van der Waals surface area (Å²) in [7, 11) is 0. The minimum absolute atomic E-state index is 0.0310. The molecule has 0 aromatic heterocycles. The number of anilines is 1. The van der Waals surface area contributed by atoms with Crippen LogP contribution in [0.3, 0.4) is 0 Å². The summed E-state index contributed by atoms with van der Waals surface area (Å²) in [6.07, 6.45) is -1.24. The number of nitrogens with two attached hydrogens (primary N) is 1. The van der Waals surface area contributed by atoms with Crippen LogP contribution in [0.2, 0.25) is 0 Å². The fourth-order valence-corrected chi connectivity index (χ4v) is 2.18. The highest BCUT2D eigenvalue weighted by Crippen LogP contribution is 2.30. The van der Waals surface area contributed by atoms with Crippen molar-refractivity contribution in [3.8, 4) is 6.07 Å². The van der Waals surface area contributed by atoms with E-state index in [2.05, 4.69) is 0 Å². The maximum absolute atomic E-state index is 13.5. The second-order valence-electron chi connectivity index (χ2n) is 4.15. The van der Waals surface area contributed by atoms with E-state index in [-0.39, 0.29) is 24.2 Å². The molecule has 94 valence electrons. The molecule has 2 atom stereocenters. The van der Waals surface area contributed by atoms with Gasteiger partial charge in [0.15, 0.2) is 0 Å². The number of carbonyl (C=O) groups excluding carboxylic acids is 1. The second kappa shape index (κ2) is 4.61. The van der Waals surface area contributed by atoms with Crippen LogP contribution in [0.1, 0.15) is 12.0 Å². The molecule has 0 radical (unpaired) electrons. The molecule has 0 aliphatic carbocycles. The number of benzene rings is 1. The molecule has 6 heteroatoms. The number of hydrogen-bond donors (Lipinski definition) is 1. The highest BCUT2D eigenvalue weighted by atomic mass is 19.1. The third kappa shape index (κ3) is 1.99. The first-order chi connectivity index (χ1) is 8.54. The van der Waals surface area contributed by atoms with Gasteiger partial charge >= 0.3 is 0 Å². The molecule has 2 N–H and O–H groups in total. The van der Waals surface area contributed by atoms with Crippen LogP contribution in [-0.2, 0) is 4.79 Å². The Kier molecular flexibility index (Phi) is 3.15. The summed E-state index contributed by atoms with van der Waals surface area (Å²) in [5.74, 6) is -1.37. The molecule has 1 fully saturated rings. The molecule has 0 bridgehead atoms. The molecule has 0 saturated carbocycles. The van der Waals surface area contributed by atoms with Crippen LogP contribution in [0.15, 0.2) is 18.2 Å². The Labute approximate surface area is 103 Å². The van der Waals surface area contributed by atoms with E-state index in [9.17, 15) is 13.6 Å². The number of alkyl halides is 1. The van der Waals surface area contributed by atoms with Gasteiger partial charge in [-0.15, -0.1) is 0 Å². The van der Waals surface area contributed by atoms with Gasteiger partial charge in [0.1, 0.15) is 29.7 Å². The van der Waals surface area contributed by atoms with Gasteiger partial charge < -0.3 is 10.6 Å². The SMILES string of the molecule is N#Cc1c(F)cccc1N1C[C@H](F)C[C@H]1C(N)=O. The average molecular weight is 251 g/mol. The molecular weight excluding hydrogens is 240 g/mol. The summed E-state index contributed by atoms with van der Waals surface area (Å²) < 4.78 is 26.8. The molecule has 1 aliphatic rings. The largest absolute Gasteiger partial charge is 0.368 e. The first-order valence-electron chi connectivity index (χ1n) is 5.43. The van der Waals surface area contributed by atoms with Crippen molar-refractivity contribution >= 4 is 11.6 Å². The normalized spacial score (nSPS) is 22.8. The highest BCUT2D eigenvalue weighted by molar-refractivity contribution is 5.85. The molecule has 1 saturated heterocycles. The van der Waals surface area contributed by atoms with Crippen molar-refractivity contribution in [2.75, 3.05) is 11.4 Å². The fraction of sp³-hybridized carbons (Fsp3) is 0.333. The van der Waals surface area contributed by atoms with Gasteiger partial charge in [0.2, 0.25) is 5.91 Å². The Balaban J connectivity index is 2.45. The van der Waals surface area contributed by atoms with Crippen LogP contribution in [0.4, 0.5) is 14.5 Å². The Bertz CT molecular complexity index is 527. The zero-order valence-corrected chi connectivity index (χ0v) is 9.44. The number of amides is 1. The quantitative estimate of drug-likeness (QED) is 0.855. The van der Waals surface area contributed by atoms with Crippen molar-refractivity contribution in [2.45, 2.75) is 18.6 Å². The number of hydrogen-bond acceptors (Lipinski definition) is 3. The summed E-state index contributed by atoms with van der Waals surface area (Å²) in [6.45, 7) is -0.0638. The van der Waals surface area contributed by atoms with E-state index < -0.39 is 23.9 Å². The summed E-state index contributed by atoms with van der Waals surface area (Å²) in [4.78, 5) is 12.6. The molecule has 18 heavy (non-hydrogen) atoms. The molecular formula is C12H11F2N3O. The van der Waals surface area contributed by atoms with E-state index in [4.69, 9.17) is 11.0 Å². The maximum atomic E-state index is 13.5. The molecule has 0 unspecified atom stereocenters. The lowest BCUT2D eigenvalue weighted by Crippen LogP contribution is -2.40. The van der Waals surface area contributed by atoms with Crippen molar-refractivity contribution < 1.29 is 13.6 Å². The van der Waals surface area contributed by atoms with E-state index in [0.29, 0.717) is 0 Å². The van der Waals surface area contributed by atoms with Crippen LogP contribution in [-0.4, -0.2) is 24.7 Å². The Morgan fingerprint density at radius 3 is 2.89 bits per heavy atom. The molecule has 2 rings (SSSR count). The number of nitrogens with zero attached hydrogens (tertiary/aromatic N) is 2. The third-order valence-corrected chi connectivity index (χ3v) is 2.99. The lowest BCUT2D eigenvalue weighted by molar-refractivity contribution is -0.119. The van der Waals surface area contributed by atoms with Crippen LogP contribution < -0.4 is 10.6 Å². The van der Waals surface area contributed by atoms with E-state index in [1.54, 1.807) is 6.07 Å². The minimum Gasteiger partial charge on any atom is -0.368 e. The molecule has 4 nitrogen and oxygen atoms in total. The standard InChI is InChI=1S/C12H11F2N3O/c13-7-4-11(12(16)18)17(6-7)10-3-1-2-9(14)8(10)5-15/h1-3,7,11H,4,6H2,(H2,16,18)/t7-,11+/m1/s1. The van der Waals surface area contributed by atoms with Crippen LogP contribution in [0.5, 0.6) is 0 Å². The van der Waals surface area contributed by atoms with Gasteiger partial charge in [0.25, 0.3) is 0 Å². The highest BCUT2D eigenvalue weighted by Gasteiger charge is 2.37. The van der Waals surface area contributed by atoms with Crippen molar-refractivity contribution in [1.29, 1.82) is 5.26 Å². The van der Waals surface area contributed by atoms with Gasteiger partial charge in [0.05, 0.1) is 12.2 Å². The number of halogens is 2. The maximum Gasteiger partial charge on any atom is 0.240 e. The first kappa shape index (κ1) is 12.3. The predicted octanol–water partition coefficient (Wildman–Crippen LogP) is 1.10. The number of carbonyl (C=O) groups is 1. The van der Waals surface area contributed by atoms with E-state index >= 15 is 0 Å². The first-order valence-corrected chi connectivity index (χ1v) is 5.43. The van der Waals surface area contributed by atoms with Crippen molar-refractivity contribution in [1.82, 2.24) is 0 Å². The lowest BCUT2D eigenvalue weighted by Gasteiger charge is -2.24. The summed E-state index contributed by atoms with van der Waals surface area (Å²) >= 11 is 0. The van der Waals surface area contributed by atoms with Gasteiger partial charge in [-0.05, 0) is 12.1 Å². The van der Waals surface area contributed by atoms with Gasteiger partial charge in [-0.25, -0.2) is 8.78 Å². The summed E-state index contributed by atoms with van der Waals surface area (Å²) in [5.41, 5.74) is 5.21. The smallest absolute Gasteiger partial charge is 0.240 e. The topological polar surface area (TPSA) is 70.1 Å². The molecule has 0 spiro atoms. The number of rotatable bonds is 2. The number of primary amides is 1. The summed E-state index contributed by atoms with van der Waals surface area (Å²) in [5, 5.41) is 8.92. The Morgan fingerprint density at radius 1 is 1.56 bits per heavy atom. The molecule has 1 aromatic carbocycles. The number of nitriles is 1. The van der Waals surface area contributed by atoms with E-state index in [1.807, 2.05) is 0 Å². The van der Waals surface area contributed by atoms with Crippen molar-refractivity contribution in [3.05, 3.63) is 29.6 Å². The second-order valence-corrected chi connectivity index (χ2v) is 4.15.